The number of carbonyl (C=O) groups is 2. The van der Waals surface area contributed by atoms with Crippen molar-refractivity contribution in [1.29, 1.82) is 0 Å². The van der Waals surface area contributed by atoms with Crippen LogP contribution < -0.4 is 14.2 Å². The van der Waals surface area contributed by atoms with Gasteiger partial charge in [-0.3, -0.25) is 4.79 Å². The smallest absolute Gasteiger partial charge is 0.343 e. The van der Waals surface area contributed by atoms with Crippen LogP contribution in [0.4, 0.5) is 4.39 Å². The molecule has 1 aliphatic rings. The van der Waals surface area contributed by atoms with Crippen molar-refractivity contribution in [3.63, 3.8) is 0 Å². The number of methoxy groups -OCH3 is 1. The molecule has 0 spiro atoms. The molecule has 0 aliphatic carbocycles. The Morgan fingerprint density at radius 2 is 1.80 bits per heavy atom. The number of Topliss-reactive ketones (excluding diaryl/α,β-unsaturated/α-hetero) is 1. The minimum absolute atomic E-state index is 0.0569. The molecule has 0 amide bonds. The van der Waals surface area contributed by atoms with E-state index in [2.05, 4.69) is 0 Å². The second-order valence-electron chi connectivity index (χ2n) is 6.35. The number of ketones is 1. The predicted molar refractivity (Wildman–Crippen MR) is 109 cm³/mol. The summed E-state index contributed by atoms with van der Waals surface area (Å²) >= 11 is 6.01. The zero-order chi connectivity index (χ0) is 21.3. The quantitative estimate of drug-likeness (QED) is 0.322. The summed E-state index contributed by atoms with van der Waals surface area (Å²) < 4.78 is 30.0. The Labute approximate surface area is 176 Å². The van der Waals surface area contributed by atoms with Crippen molar-refractivity contribution >= 4 is 29.4 Å². The molecule has 4 rings (SSSR count). The maximum atomic E-state index is 14.0. The van der Waals surface area contributed by atoms with Gasteiger partial charge in [-0.1, -0.05) is 17.7 Å². The molecule has 3 aromatic carbocycles. The van der Waals surface area contributed by atoms with E-state index in [4.69, 9.17) is 25.8 Å². The van der Waals surface area contributed by atoms with E-state index in [-0.39, 0.29) is 33.4 Å². The molecule has 7 heteroatoms. The molecule has 1 heterocycles. The SMILES string of the molecule is COc1ccc(C(=O)Oc2ccc3c(c2)OC(=Cc2c(F)cccc2Cl)C3=O)cc1. The lowest BCUT2D eigenvalue weighted by Crippen LogP contribution is -2.08. The average Bonchev–Trinajstić information content (AvgIpc) is 3.05. The van der Waals surface area contributed by atoms with E-state index in [1.807, 2.05) is 0 Å². The number of esters is 1. The predicted octanol–water partition coefficient (Wildman–Crippen LogP) is 5.32. The average molecular weight is 425 g/mol. The zero-order valence-electron chi connectivity index (χ0n) is 15.6. The van der Waals surface area contributed by atoms with Gasteiger partial charge in [0.25, 0.3) is 0 Å². The summed E-state index contributed by atoms with van der Waals surface area (Å²) in [7, 11) is 1.53. The summed E-state index contributed by atoms with van der Waals surface area (Å²) in [6.07, 6.45) is 1.25. The highest BCUT2D eigenvalue weighted by Gasteiger charge is 2.28. The van der Waals surface area contributed by atoms with Gasteiger partial charge in [-0.15, -0.1) is 0 Å². The summed E-state index contributed by atoms with van der Waals surface area (Å²) in [5.41, 5.74) is 0.669. The van der Waals surface area contributed by atoms with Gasteiger partial charge in [0, 0.05) is 11.6 Å². The van der Waals surface area contributed by atoms with Crippen molar-refractivity contribution < 1.29 is 28.2 Å². The standard InChI is InChI=1S/C23H14ClFO5/c1-28-14-7-5-13(6-8-14)23(27)29-15-9-10-16-20(11-15)30-21(22(16)26)12-17-18(24)3-2-4-19(17)25/h2-12H,1H3. The lowest BCUT2D eigenvalue weighted by Gasteiger charge is -2.06. The highest BCUT2D eigenvalue weighted by atomic mass is 35.5. The van der Waals surface area contributed by atoms with Crippen LogP contribution in [-0.2, 0) is 0 Å². The Hall–Kier alpha value is -3.64. The van der Waals surface area contributed by atoms with Crippen LogP contribution in [0.1, 0.15) is 26.3 Å². The minimum Gasteiger partial charge on any atom is -0.497 e. The first kappa shape index (κ1) is 19.7. The first-order valence-corrected chi connectivity index (χ1v) is 9.22. The van der Waals surface area contributed by atoms with Gasteiger partial charge in [-0.05, 0) is 54.6 Å². The van der Waals surface area contributed by atoms with Gasteiger partial charge in [0.15, 0.2) is 5.76 Å². The van der Waals surface area contributed by atoms with Crippen LogP contribution in [0, 0.1) is 5.82 Å². The van der Waals surface area contributed by atoms with Crippen LogP contribution in [0.3, 0.4) is 0 Å². The zero-order valence-corrected chi connectivity index (χ0v) is 16.4. The lowest BCUT2D eigenvalue weighted by molar-refractivity contribution is 0.0734. The molecule has 3 aromatic rings. The molecule has 150 valence electrons. The molecule has 0 radical (unpaired) electrons. The third-order valence-corrected chi connectivity index (χ3v) is 4.78. The number of fused-ring (bicyclic) bond motifs is 1. The van der Waals surface area contributed by atoms with E-state index in [1.54, 1.807) is 24.3 Å². The van der Waals surface area contributed by atoms with E-state index in [9.17, 15) is 14.0 Å². The summed E-state index contributed by atoms with van der Waals surface area (Å²) in [6.45, 7) is 0. The Morgan fingerprint density at radius 3 is 2.50 bits per heavy atom. The van der Waals surface area contributed by atoms with E-state index < -0.39 is 17.6 Å². The molecule has 0 atom stereocenters. The van der Waals surface area contributed by atoms with Crippen LogP contribution in [0.25, 0.3) is 6.08 Å². The maximum Gasteiger partial charge on any atom is 0.343 e. The number of carbonyl (C=O) groups excluding carboxylic acids is 2. The number of hydrogen-bond donors (Lipinski definition) is 0. The molecule has 5 nitrogen and oxygen atoms in total. The molecule has 0 fully saturated rings. The van der Waals surface area contributed by atoms with Crippen molar-refractivity contribution in [2.45, 2.75) is 0 Å². The van der Waals surface area contributed by atoms with E-state index in [0.29, 0.717) is 11.3 Å². The molecule has 0 aromatic heterocycles. The van der Waals surface area contributed by atoms with Gasteiger partial charge in [0.1, 0.15) is 23.1 Å². The molecule has 0 bridgehead atoms. The van der Waals surface area contributed by atoms with Gasteiger partial charge in [0.2, 0.25) is 5.78 Å². The molecule has 0 saturated heterocycles. The van der Waals surface area contributed by atoms with Gasteiger partial charge in [0.05, 0.1) is 23.3 Å². The summed E-state index contributed by atoms with van der Waals surface area (Å²) in [4.78, 5) is 24.9. The topological polar surface area (TPSA) is 61.8 Å². The molecule has 0 N–H and O–H groups in total. The van der Waals surface area contributed by atoms with Gasteiger partial charge < -0.3 is 14.2 Å². The Bertz CT molecular complexity index is 1160. The molecule has 1 aliphatic heterocycles. The van der Waals surface area contributed by atoms with Gasteiger partial charge >= 0.3 is 5.97 Å². The van der Waals surface area contributed by atoms with Crippen LogP contribution in [0.2, 0.25) is 5.02 Å². The molecule has 0 unspecified atom stereocenters. The van der Waals surface area contributed by atoms with Crippen LogP contribution in [-0.4, -0.2) is 18.9 Å². The lowest BCUT2D eigenvalue weighted by atomic mass is 10.1. The Kier molecular flexibility index (Phi) is 5.25. The molecular formula is C23H14ClFO5. The first-order valence-electron chi connectivity index (χ1n) is 8.85. The van der Waals surface area contributed by atoms with Crippen molar-refractivity contribution in [1.82, 2.24) is 0 Å². The van der Waals surface area contributed by atoms with E-state index in [1.165, 1.54) is 49.6 Å². The summed E-state index contributed by atoms with van der Waals surface area (Å²) in [5, 5.41) is 0.156. The Morgan fingerprint density at radius 1 is 1.07 bits per heavy atom. The summed E-state index contributed by atoms with van der Waals surface area (Å²) in [6, 6.07) is 15.1. The second kappa shape index (κ2) is 8.00. The molecule has 30 heavy (non-hydrogen) atoms. The fourth-order valence-corrected chi connectivity index (χ4v) is 3.12. The highest BCUT2D eigenvalue weighted by molar-refractivity contribution is 6.32. The fourth-order valence-electron chi connectivity index (χ4n) is 2.90. The summed E-state index contributed by atoms with van der Waals surface area (Å²) in [5.74, 6) is -0.614. The number of benzene rings is 3. The highest BCUT2D eigenvalue weighted by Crippen LogP contribution is 2.36. The van der Waals surface area contributed by atoms with Crippen LogP contribution in [0.15, 0.2) is 66.4 Å². The van der Waals surface area contributed by atoms with Crippen molar-refractivity contribution in [3.05, 3.63) is 94.0 Å². The van der Waals surface area contributed by atoms with Gasteiger partial charge in [-0.25, -0.2) is 9.18 Å². The molecular weight excluding hydrogens is 411 g/mol. The Balaban J connectivity index is 1.56. The number of rotatable bonds is 4. The fraction of sp³-hybridized carbons (Fsp3) is 0.0435. The largest absolute Gasteiger partial charge is 0.497 e. The third kappa shape index (κ3) is 3.77. The van der Waals surface area contributed by atoms with E-state index >= 15 is 0 Å². The number of allylic oxidation sites excluding steroid dienone is 1. The number of halogens is 2. The third-order valence-electron chi connectivity index (χ3n) is 4.45. The first-order chi connectivity index (χ1) is 14.5. The minimum atomic E-state index is -0.573. The van der Waals surface area contributed by atoms with Crippen molar-refractivity contribution in [2.75, 3.05) is 7.11 Å². The van der Waals surface area contributed by atoms with Crippen LogP contribution in [0.5, 0.6) is 17.2 Å². The normalized spacial score (nSPS) is 13.7. The van der Waals surface area contributed by atoms with Gasteiger partial charge in [-0.2, -0.15) is 0 Å². The van der Waals surface area contributed by atoms with Crippen LogP contribution >= 0.6 is 11.6 Å². The maximum absolute atomic E-state index is 14.0. The van der Waals surface area contributed by atoms with E-state index in [0.717, 1.165) is 0 Å². The monoisotopic (exact) mass is 424 g/mol. The second-order valence-corrected chi connectivity index (χ2v) is 6.76. The number of ether oxygens (including phenoxy) is 3. The molecule has 0 saturated carbocycles. The number of hydrogen-bond acceptors (Lipinski definition) is 5. The van der Waals surface area contributed by atoms with Crippen molar-refractivity contribution in [2.24, 2.45) is 0 Å². The van der Waals surface area contributed by atoms with Crippen molar-refractivity contribution in [3.8, 4) is 17.2 Å².